The van der Waals surface area contributed by atoms with Gasteiger partial charge >= 0.3 is 0 Å². The normalized spacial score (nSPS) is 27.9. The van der Waals surface area contributed by atoms with E-state index in [1.54, 1.807) is 36.0 Å². The lowest BCUT2D eigenvalue weighted by molar-refractivity contribution is -0.0381. The molecule has 4 fully saturated rings. The molecule has 33 heavy (non-hydrogen) atoms. The maximum Gasteiger partial charge on any atom is 0.196 e. The smallest absolute Gasteiger partial charge is 0.196 e. The van der Waals surface area contributed by atoms with Crippen LogP contribution in [0, 0.1) is 29.0 Å². The third-order valence-electron chi connectivity index (χ3n) is 7.64. The molecule has 1 heterocycles. The van der Waals surface area contributed by atoms with Gasteiger partial charge in [0.25, 0.3) is 0 Å². The lowest BCUT2D eigenvalue weighted by Crippen LogP contribution is -2.47. The monoisotopic (exact) mass is 521 g/mol. The summed E-state index contributed by atoms with van der Waals surface area (Å²) in [5.74, 6) is 3.85. The zero-order chi connectivity index (χ0) is 22.7. The Labute approximate surface area is 212 Å². The van der Waals surface area contributed by atoms with Crippen molar-refractivity contribution in [2.75, 3.05) is 5.75 Å². The Morgan fingerprint density at radius 3 is 2.24 bits per heavy atom. The van der Waals surface area contributed by atoms with Gasteiger partial charge in [-0.25, -0.2) is 4.39 Å². The summed E-state index contributed by atoms with van der Waals surface area (Å²) in [6, 6.07) is 10.00. The molecule has 2 aromatic carbocycles. The summed E-state index contributed by atoms with van der Waals surface area (Å²) in [4.78, 5) is 0. The summed E-state index contributed by atoms with van der Waals surface area (Å²) < 4.78 is 15.9. The van der Waals surface area contributed by atoms with E-state index in [-0.39, 0.29) is 5.02 Å². The molecule has 0 N–H and O–H groups in total. The van der Waals surface area contributed by atoms with Crippen molar-refractivity contribution in [1.29, 1.82) is 0 Å². The predicted octanol–water partition coefficient (Wildman–Crippen LogP) is 8.34. The molecule has 3 nitrogen and oxygen atoms in total. The van der Waals surface area contributed by atoms with Gasteiger partial charge in [-0.3, -0.25) is 4.57 Å². The van der Waals surface area contributed by atoms with Crippen molar-refractivity contribution in [3.63, 3.8) is 0 Å². The van der Waals surface area contributed by atoms with E-state index >= 15 is 0 Å². The minimum absolute atomic E-state index is 0.0615. The molecule has 0 spiro atoms. The second-order valence-electron chi connectivity index (χ2n) is 10.1. The number of halogens is 4. The number of hydrogen-bond donors (Lipinski definition) is 0. The van der Waals surface area contributed by atoms with Crippen molar-refractivity contribution in [3.8, 4) is 17.1 Å². The van der Waals surface area contributed by atoms with Crippen molar-refractivity contribution in [3.05, 3.63) is 57.3 Å². The van der Waals surface area contributed by atoms with E-state index < -0.39 is 5.82 Å². The Hall–Kier alpha value is -1.27. The van der Waals surface area contributed by atoms with Crippen LogP contribution in [0.3, 0.4) is 0 Å². The van der Waals surface area contributed by atoms with Crippen LogP contribution in [0.4, 0.5) is 4.39 Å². The Balaban J connectivity index is 1.38. The number of hydrogen-bond acceptors (Lipinski definition) is 3. The second kappa shape index (κ2) is 8.44. The molecule has 1 aromatic heterocycles. The van der Waals surface area contributed by atoms with Crippen molar-refractivity contribution >= 4 is 46.6 Å². The zero-order valence-corrected chi connectivity index (χ0v) is 21.0. The van der Waals surface area contributed by atoms with Crippen molar-refractivity contribution in [1.82, 2.24) is 14.8 Å². The SMILES string of the molecule is Fc1ccc(-n2c(SCC34CC5CC(CC(C5)C3)C4)nnc2-c2ccc(Cl)cc2Cl)cc1Cl. The molecule has 3 aromatic rings. The molecular formula is C25H23Cl3FN3S. The molecule has 0 unspecified atom stereocenters. The van der Waals surface area contributed by atoms with Gasteiger partial charge in [0, 0.05) is 16.3 Å². The van der Waals surface area contributed by atoms with E-state index in [2.05, 4.69) is 10.2 Å². The molecule has 172 valence electrons. The van der Waals surface area contributed by atoms with E-state index in [1.807, 2.05) is 10.6 Å². The van der Waals surface area contributed by atoms with Crippen LogP contribution in [0.15, 0.2) is 41.6 Å². The highest BCUT2D eigenvalue weighted by Crippen LogP contribution is 2.61. The maximum absolute atomic E-state index is 13.9. The van der Waals surface area contributed by atoms with Crippen molar-refractivity contribution in [2.45, 2.75) is 43.7 Å². The van der Waals surface area contributed by atoms with E-state index in [4.69, 9.17) is 34.8 Å². The lowest BCUT2D eigenvalue weighted by Gasteiger charge is -2.56. The molecule has 4 bridgehead atoms. The van der Waals surface area contributed by atoms with Crippen LogP contribution < -0.4 is 0 Å². The average molecular weight is 523 g/mol. The maximum atomic E-state index is 13.9. The molecule has 0 aliphatic heterocycles. The minimum Gasteiger partial charge on any atom is -0.270 e. The van der Waals surface area contributed by atoms with Crippen LogP contribution in [0.25, 0.3) is 17.1 Å². The predicted molar refractivity (Wildman–Crippen MR) is 133 cm³/mol. The lowest BCUT2D eigenvalue weighted by atomic mass is 9.50. The van der Waals surface area contributed by atoms with Gasteiger partial charge in [-0.15, -0.1) is 10.2 Å². The number of nitrogens with zero attached hydrogens (tertiary/aromatic N) is 3. The highest BCUT2D eigenvalue weighted by molar-refractivity contribution is 7.99. The van der Waals surface area contributed by atoms with E-state index in [1.165, 1.54) is 44.6 Å². The molecule has 0 radical (unpaired) electrons. The van der Waals surface area contributed by atoms with Gasteiger partial charge in [0.15, 0.2) is 11.0 Å². The molecular weight excluding hydrogens is 500 g/mol. The van der Waals surface area contributed by atoms with Gasteiger partial charge in [0.2, 0.25) is 0 Å². The first kappa shape index (κ1) is 22.2. The Morgan fingerprint density at radius 2 is 1.61 bits per heavy atom. The van der Waals surface area contributed by atoms with Crippen LogP contribution in [-0.2, 0) is 0 Å². The third-order valence-corrected chi connectivity index (χ3v) is 9.76. The first-order valence-corrected chi connectivity index (χ1v) is 13.5. The quantitative estimate of drug-likeness (QED) is 0.315. The third kappa shape index (κ3) is 4.09. The summed E-state index contributed by atoms with van der Waals surface area (Å²) in [5, 5.41) is 10.9. The van der Waals surface area contributed by atoms with E-state index in [9.17, 15) is 4.39 Å². The number of benzene rings is 2. The zero-order valence-electron chi connectivity index (χ0n) is 17.9. The fraction of sp³-hybridized carbons (Fsp3) is 0.440. The highest BCUT2D eigenvalue weighted by atomic mass is 35.5. The molecule has 0 amide bonds. The van der Waals surface area contributed by atoms with Crippen molar-refractivity contribution < 1.29 is 4.39 Å². The summed E-state index contributed by atoms with van der Waals surface area (Å²) in [5.41, 5.74) is 1.82. The van der Waals surface area contributed by atoms with Gasteiger partial charge in [0.05, 0.1) is 15.7 Å². The highest BCUT2D eigenvalue weighted by Gasteiger charge is 2.50. The second-order valence-corrected chi connectivity index (χ2v) is 12.3. The average Bonchev–Trinajstić information content (AvgIpc) is 3.17. The summed E-state index contributed by atoms with van der Waals surface area (Å²) in [6.45, 7) is 0. The standard InChI is InChI=1S/C25H23Cl3FN3S/c26-17-1-3-19(20(27)8-17)23-30-31-24(32(23)18-2-4-22(29)21(28)9-18)33-13-25-10-14-5-15(11-25)7-16(6-14)12-25/h1-4,8-9,14-16H,5-7,10-13H2. The first-order chi connectivity index (χ1) is 15.9. The fourth-order valence-corrected chi connectivity index (χ4v) is 8.63. The molecule has 7 rings (SSSR count). The summed E-state index contributed by atoms with van der Waals surface area (Å²) in [6.07, 6.45) is 8.27. The van der Waals surface area contributed by atoms with Gasteiger partial charge in [-0.2, -0.15) is 0 Å². The van der Waals surface area contributed by atoms with Gasteiger partial charge in [0.1, 0.15) is 5.82 Å². The molecule has 4 saturated carbocycles. The molecule has 4 aliphatic carbocycles. The van der Waals surface area contributed by atoms with Crippen LogP contribution in [-0.4, -0.2) is 20.5 Å². The molecule has 0 atom stereocenters. The number of rotatable bonds is 5. The van der Waals surface area contributed by atoms with Gasteiger partial charge in [-0.05, 0) is 98.1 Å². The van der Waals surface area contributed by atoms with E-state index in [0.29, 0.717) is 27.0 Å². The van der Waals surface area contributed by atoms with Crippen LogP contribution >= 0.6 is 46.6 Å². The number of aromatic nitrogens is 3. The number of thioether (sulfide) groups is 1. The van der Waals surface area contributed by atoms with Crippen LogP contribution in [0.1, 0.15) is 38.5 Å². The van der Waals surface area contributed by atoms with Crippen LogP contribution in [0.2, 0.25) is 15.1 Å². The molecule has 4 aliphatic rings. The van der Waals surface area contributed by atoms with Crippen LogP contribution in [0.5, 0.6) is 0 Å². The van der Waals surface area contributed by atoms with Gasteiger partial charge < -0.3 is 0 Å². The van der Waals surface area contributed by atoms with Gasteiger partial charge in [-0.1, -0.05) is 46.6 Å². The fourth-order valence-electron chi connectivity index (χ4n) is 6.75. The van der Waals surface area contributed by atoms with Crippen molar-refractivity contribution in [2.24, 2.45) is 23.2 Å². The summed E-state index contributed by atoms with van der Waals surface area (Å²) >= 11 is 20.5. The molecule has 0 saturated heterocycles. The molecule has 8 heteroatoms. The van der Waals surface area contributed by atoms with E-state index in [0.717, 1.165) is 34.2 Å². The minimum atomic E-state index is -0.456. The summed E-state index contributed by atoms with van der Waals surface area (Å²) in [7, 11) is 0. The first-order valence-electron chi connectivity index (χ1n) is 11.4. The largest absolute Gasteiger partial charge is 0.270 e. The topological polar surface area (TPSA) is 30.7 Å². The Morgan fingerprint density at radius 1 is 0.909 bits per heavy atom. The Kier molecular flexibility index (Phi) is 5.68. The Bertz CT molecular complexity index is 1190.